The molecule has 8 heteroatoms. The summed E-state index contributed by atoms with van der Waals surface area (Å²) in [7, 11) is 0. The van der Waals surface area contributed by atoms with E-state index in [1.54, 1.807) is 12.1 Å². The molecule has 1 aliphatic carbocycles. The number of anilines is 1. The average Bonchev–Trinajstić information content (AvgIpc) is 3.39. The number of nitrogens with one attached hydrogen (secondary N) is 1. The normalized spacial score (nSPS) is 18.0. The third kappa shape index (κ3) is 4.84. The van der Waals surface area contributed by atoms with Gasteiger partial charge in [0.15, 0.2) is 0 Å². The molecule has 0 atom stereocenters. The van der Waals surface area contributed by atoms with Crippen LogP contribution in [0.4, 0.5) is 10.1 Å². The maximum absolute atomic E-state index is 13.1. The molecule has 1 saturated carbocycles. The van der Waals surface area contributed by atoms with Gasteiger partial charge in [-0.25, -0.2) is 9.37 Å². The maximum atomic E-state index is 13.1. The summed E-state index contributed by atoms with van der Waals surface area (Å²) in [4.78, 5) is 21.1. The quantitative estimate of drug-likeness (QED) is 0.751. The minimum atomic E-state index is -0.229. The molecule has 1 amide bonds. The van der Waals surface area contributed by atoms with Crippen LogP contribution in [0.5, 0.6) is 0 Å². The van der Waals surface area contributed by atoms with Gasteiger partial charge in [-0.2, -0.15) is 0 Å². The van der Waals surface area contributed by atoms with Crippen molar-refractivity contribution in [3.05, 3.63) is 35.9 Å². The molecular weight excluding hydrogens is 377 g/mol. The van der Waals surface area contributed by atoms with Gasteiger partial charge in [0.25, 0.3) is 0 Å². The van der Waals surface area contributed by atoms with E-state index in [2.05, 4.69) is 20.1 Å². The van der Waals surface area contributed by atoms with E-state index < -0.39 is 0 Å². The lowest BCUT2D eigenvalue weighted by Gasteiger charge is -2.36. The summed E-state index contributed by atoms with van der Waals surface area (Å²) in [6, 6.07) is 6.52. The van der Waals surface area contributed by atoms with Gasteiger partial charge in [-0.15, -0.1) is 5.10 Å². The van der Waals surface area contributed by atoms with Gasteiger partial charge in [0.2, 0.25) is 11.1 Å². The summed E-state index contributed by atoms with van der Waals surface area (Å²) in [5, 5.41) is 7.93. The molecule has 1 aromatic heterocycles. The van der Waals surface area contributed by atoms with E-state index in [0.29, 0.717) is 24.0 Å². The average molecular weight is 404 g/mol. The van der Waals surface area contributed by atoms with Crippen molar-refractivity contribution in [2.45, 2.75) is 37.3 Å². The van der Waals surface area contributed by atoms with Crippen LogP contribution in [0.2, 0.25) is 0 Å². The fourth-order valence-corrected chi connectivity index (χ4v) is 4.73. The summed E-state index contributed by atoms with van der Waals surface area (Å²) in [6.45, 7) is 2.87. The monoisotopic (exact) mass is 403 g/mol. The van der Waals surface area contributed by atoms with E-state index in [-0.39, 0.29) is 11.7 Å². The summed E-state index contributed by atoms with van der Waals surface area (Å²) < 4.78 is 13.1. The van der Waals surface area contributed by atoms with Gasteiger partial charge < -0.3 is 9.80 Å². The second-order valence-corrected chi connectivity index (χ2v) is 8.49. The Morgan fingerprint density at radius 2 is 1.86 bits per heavy atom. The Morgan fingerprint density at radius 3 is 2.57 bits per heavy atom. The van der Waals surface area contributed by atoms with Crippen LogP contribution in [0.1, 0.15) is 31.5 Å². The summed E-state index contributed by atoms with van der Waals surface area (Å²) in [6.07, 6.45) is 6.18. The molecule has 0 bridgehead atoms. The molecular formula is C20H26FN5OS. The van der Waals surface area contributed by atoms with E-state index in [4.69, 9.17) is 0 Å². The first-order chi connectivity index (χ1) is 13.7. The Balaban J connectivity index is 1.21. The minimum absolute atomic E-state index is 0.117. The van der Waals surface area contributed by atoms with Crippen LogP contribution >= 0.6 is 11.8 Å². The molecule has 0 radical (unpaired) electrons. The van der Waals surface area contributed by atoms with Crippen molar-refractivity contribution in [2.24, 2.45) is 5.92 Å². The molecule has 2 fully saturated rings. The molecule has 2 aromatic rings. The third-order valence-corrected chi connectivity index (χ3v) is 6.45. The molecule has 0 spiro atoms. The SMILES string of the molecule is O=C(CSc1n[nH]c(CC2CCCC2)n1)N1CCN(c2ccc(F)cc2)CC1. The molecule has 1 N–H and O–H groups in total. The lowest BCUT2D eigenvalue weighted by Crippen LogP contribution is -2.49. The van der Waals surface area contributed by atoms with Gasteiger partial charge >= 0.3 is 0 Å². The Labute approximate surface area is 168 Å². The maximum Gasteiger partial charge on any atom is 0.233 e. The first kappa shape index (κ1) is 19.2. The van der Waals surface area contributed by atoms with Crippen LogP contribution in [-0.2, 0) is 11.2 Å². The number of piperazine rings is 1. The number of amides is 1. The highest BCUT2D eigenvalue weighted by Gasteiger charge is 2.22. The van der Waals surface area contributed by atoms with Crippen molar-refractivity contribution in [1.29, 1.82) is 0 Å². The number of aromatic nitrogens is 3. The number of aromatic amines is 1. The van der Waals surface area contributed by atoms with Gasteiger partial charge in [-0.1, -0.05) is 37.4 Å². The highest BCUT2D eigenvalue weighted by Crippen LogP contribution is 2.27. The zero-order valence-corrected chi connectivity index (χ0v) is 16.8. The minimum Gasteiger partial charge on any atom is -0.368 e. The van der Waals surface area contributed by atoms with E-state index >= 15 is 0 Å². The van der Waals surface area contributed by atoms with Crippen LogP contribution in [0.25, 0.3) is 0 Å². The van der Waals surface area contributed by atoms with E-state index in [1.807, 2.05) is 4.90 Å². The predicted octanol–water partition coefficient (Wildman–Crippen LogP) is 3.12. The zero-order valence-electron chi connectivity index (χ0n) is 15.9. The smallest absolute Gasteiger partial charge is 0.233 e. The number of hydrogen-bond acceptors (Lipinski definition) is 5. The third-order valence-electron chi connectivity index (χ3n) is 5.62. The number of carbonyl (C=O) groups excluding carboxylic acids is 1. The molecule has 2 aliphatic rings. The molecule has 4 rings (SSSR count). The van der Waals surface area contributed by atoms with Crippen LogP contribution < -0.4 is 4.90 Å². The van der Waals surface area contributed by atoms with Crippen LogP contribution in [0.15, 0.2) is 29.4 Å². The largest absolute Gasteiger partial charge is 0.368 e. The molecule has 1 aliphatic heterocycles. The van der Waals surface area contributed by atoms with E-state index in [9.17, 15) is 9.18 Å². The predicted molar refractivity (Wildman–Crippen MR) is 108 cm³/mol. The number of thioether (sulfide) groups is 1. The molecule has 1 saturated heterocycles. The standard InChI is InChI=1S/C20H26FN5OS/c21-16-5-7-17(8-6-16)25-9-11-26(12-10-25)19(27)14-28-20-22-18(23-24-20)13-15-3-1-2-4-15/h5-8,15H,1-4,9-14H2,(H,22,23,24). The van der Waals surface area contributed by atoms with Crippen LogP contribution in [0.3, 0.4) is 0 Å². The topological polar surface area (TPSA) is 65.1 Å². The number of benzene rings is 1. The molecule has 1 aromatic carbocycles. The van der Waals surface area contributed by atoms with Gasteiger partial charge in [0.1, 0.15) is 11.6 Å². The highest BCUT2D eigenvalue weighted by molar-refractivity contribution is 7.99. The number of carbonyl (C=O) groups is 1. The lowest BCUT2D eigenvalue weighted by atomic mass is 10.0. The molecule has 0 unspecified atom stereocenters. The Morgan fingerprint density at radius 1 is 1.14 bits per heavy atom. The molecule has 150 valence electrons. The Kier molecular flexibility index (Phi) is 6.14. The number of nitrogens with zero attached hydrogens (tertiary/aromatic N) is 4. The first-order valence-corrected chi connectivity index (χ1v) is 11.0. The van der Waals surface area contributed by atoms with E-state index in [1.165, 1.54) is 49.6 Å². The number of hydrogen-bond donors (Lipinski definition) is 1. The second-order valence-electron chi connectivity index (χ2n) is 7.55. The van der Waals surface area contributed by atoms with Crippen molar-refractivity contribution >= 4 is 23.4 Å². The van der Waals surface area contributed by atoms with Crippen LogP contribution in [0, 0.1) is 11.7 Å². The Bertz CT molecular complexity index is 782. The Hall–Kier alpha value is -2.09. The molecule has 6 nitrogen and oxygen atoms in total. The van der Waals surface area contributed by atoms with Crippen molar-refractivity contribution in [1.82, 2.24) is 20.1 Å². The van der Waals surface area contributed by atoms with Gasteiger partial charge in [0, 0.05) is 38.3 Å². The second kappa shape index (κ2) is 8.94. The number of rotatable bonds is 6. The number of H-pyrrole nitrogens is 1. The number of halogens is 1. The molecule has 2 heterocycles. The fraction of sp³-hybridized carbons (Fsp3) is 0.550. The van der Waals surface area contributed by atoms with E-state index in [0.717, 1.165) is 36.9 Å². The first-order valence-electron chi connectivity index (χ1n) is 10.00. The van der Waals surface area contributed by atoms with Gasteiger partial charge in [0.05, 0.1) is 5.75 Å². The van der Waals surface area contributed by atoms with Gasteiger partial charge in [-0.05, 0) is 30.2 Å². The fourth-order valence-electron chi connectivity index (χ4n) is 4.01. The van der Waals surface area contributed by atoms with Crippen molar-refractivity contribution < 1.29 is 9.18 Å². The highest BCUT2D eigenvalue weighted by atomic mass is 32.2. The van der Waals surface area contributed by atoms with Crippen molar-refractivity contribution in [3.8, 4) is 0 Å². The zero-order chi connectivity index (χ0) is 19.3. The summed E-state index contributed by atoms with van der Waals surface area (Å²) in [5.41, 5.74) is 0.999. The summed E-state index contributed by atoms with van der Waals surface area (Å²) in [5.74, 6) is 1.91. The lowest BCUT2D eigenvalue weighted by molar-refractivity contribution is -0.128. The van der Waals surface area contributed by atoms with Crippen molar-refractivity contribution in [2.75, 3.05) is 36.8 Å². The molecule has 28 heavy (non-hydrogen) atoms. The summed E-state index contributed by atoms with van der Waals surface area (Å²) >= 11 is 1.40. The van der Waals surface area contributed by atoms with Crippen molar-refractivity contribution in [3.63, 3.8) is 0 Å². The van der Waals surface area contributed by atoms with Crippen LogP contribution in [-0.4, -0.2) is 57.9 Å². The van der Waals surface area contributed by atoms with Gasteiger partial charge in [-0.3, -0.25) is 9.89 Å².